The zero-order chi connectivity index (χ0) is 19.5. The van der Waals surface area contributed by atoms with E-state index in [-0.39, 0.29) is 24.2 Å². The Labute approximate surface area is 163 Å². The molecule has 2 aromatic carbocycles. The highest BCUT2D eigenvalue weighted by Gasteiger charge is 2.26. The Morgan fingerprint density at radius 2 is 1.96 bits per heavy atom. The van der Waals surface area contributed by atoms with Crippen LogP contribution in [-0.4, -0.2) is 40.7 Å². The second kappa shape index (κ2) is 7.94. The molecule has 1 aromatic heterocycles. The van der Waals surface area contributed by atoms with Crippen LogP contribution in [0.1, 0.15) is 22.9 Å². The lowest BCUT2D eigenvalue weighted by atomic mass is 10.0. The van der Waals surface area contributed by atoms with Gasteiger partial charge >= 0.3 is 0 Å². The SMILES string of the molecule is Cc1[nH]nc(-c2ccc(F)cc2)c1CC(=O)N1CCO[C@H](c2ccccc2)C1. The number of hydrogen-bond acceptors (Lipinski definition) is 3. The van der Waals surface area contributed by atoms with Gasteiger partial charge in [0.25, 0.3) is 0 Å². The number of H-pyrrole nitrogens is 1. The minimum absolute atomic E-state index is 0.0390. The van der Waals surface area contributed by atoms with Gasteiger partial charge in [0, 0.05) is 23.4 Å². The minimum Gasteiger partial charge on any atom is -0.370 e. The first-order chi connectivity index (χ1) is 13.6. The molecule has 0 unspecified atom stereocenters. The van der Waals surface area contributed by atoms with E-state index in [0.29, 0.717) is 25.4 Å². The van der Waals surface area contributed by atoms with Gasteiger partial charge in [0.1, 0.15) is 11.9 Å². The molecule has 4 rings (SSSR count). The molecule has 1 N–H and O–H groups in total. The van der Waals surface area contributed by atoms with Crippen LogP contribution in [0.4, 0.5) is 4.39 Å². The van der Waals surface area contributed by atoms with Crippen molar-refractivity contribution in [3.8, 4) is 11.3 Å². The Bertz CT molecular complexity index is 954. The zero-order valence-corrected chi connectivity index (χ0v) is 15.7. The smallest absolute Gasteiger partial charge is 0.227 e. The first kappa shape index (κ1) is 18.4. The average Bonchev–Trinajstić information content (AvgIpc) is 3.09. The minimum atomic E-state index is -0.297. The molecular weight excluding hydrogens is 357 g/mol. The molecule has 1 saturated heterocycles. The summed E-state index contributed by atoms with van der Waals surface area (Å²) < 4.78 is 19.1. The zero-order valence-electron chi connectivity index (χ0n) is 15.7. The second-order valence-corrected chi connectivity index (χ2v) is 6.97. The third-order valence-corrected chi connectivity index (χ3v) is 5.11. The molecule has 28 heavy (non-hydrogen) atoms. The Morgan fingerprint density at radius 1 is 1.21 bits per heavy atom. The molecule has 2 heterocycles. The predicted molar refractivity (Wildman–Crippen MR) is 104 cm³/mol. The number of ether oxygens (including phenoxy) is 1. The van der Waals surface area contributed by atoms with E-state index in [1.165, 1.54) is 12.1 Å². The van der Waals surface area contributed by atoms with Crippen molar-refractivity contribution in [3.05, 3.63) is 77.2 Å². The topological polar surface area (TPSA) is 58.2 Å². The van der Waals surface area contributed by atoms with Gasteiger partial charge in [-0.25, -0.2) is 4.39 Å². The largest absolute Gasteiger partial charge is 0.370 e. The van der Waals surface area contributed by atoms with Crippen LogP contribution in [0, 0.1) is 12.7 Å². The van der Waals surface area contributed by atoms with Gasteiger partial charge < -0.3 is 9.64 Å². The van der Waals surface area contributed by atoms with Gasteiger partial charge in [-0.15, -0.1) is 0 Å². The number of carbonyl (C=O) groups is 1. The van der Waals surface area contributed by atoms with Crippen molar-refractivity contribution in [2.24, 2.45) is 0 Å². The lowest BCUT2D eigenvalue weighted by Crippen LogP contribution is -2.43. The van der Waals surface area contributed by atoms with Crippen molar-refractivity contribution in [2.45, 2.75) is 19.4 Å². The second-order valence-electron chi connectivity index (χ2n) is 6.97. The molecule has 6 heteroatoms. The molecule has 1 aliphatic heterocycles. The molecule has 0 saturated carbocycles. The fraction of sp³-hybridized carbons (Fsp3) is 0.273. The third kappa shape index (κ3) is 3.82. The normalized spacial score (nSPS) is 16.9. The molecule has 5 nitrogen and oxygen atoms in total. The van der Waals surface area contributed by atoms with Gasteiger partial charge in [-0.1, -0.05) is 30.3 Å². The summed E-state index contributed by atoms with van der Waals surface area (Å²) >= 11 is 0. The van der Waals surface area contributed by atoms with Crippen molar-refractivity contribution < 1.29 is 13.9 Å². The van der Waals surface area contributed by atoms with Gasteiger partial charge in [0.05, 0.1) is 25.3 Å². The number of aryl methyl sites for hydroxylation is 1. The Kier molecular flexibility index (Phi) is 5.21. The maximum absolute atomic E-state index is 13.2. The van der Waals surface area contributed by atoms with E-state index < -0.39 is 0 Å². The summed E-state index contributed by atoms with van der Waals surface area (Å²) in [6.07, 6.45) is 0.136. The molecule has 1 amide bonds. The standard InChI is InChI=1S/C22H22FN3O2/c1-15-19(22(25-24-15)17-7-9-18(23)10-8-17)13-21(27)26-11-12-28-20(14-26)16-5-3-2-4-6-16/h2-10,20H,11-14H2,1H3,(H,24,25)/t20-/m0/s1. The highest BCUT2D eigenvalue weighted by atomic mass is 19.1. The summed E-state index contributed by atoms with van der Waals surface area (Å²) in [5.41, 5.74) is 4.25. The van der Waals surface area contributed by atoms with Crippen molar-refractivity contribution in [3.63, 3.8) is 0 Å². The van der Waals surface area contributed by atoms with E-state index in [4.69, 9.17) is 4.74 Å². The van der Waals surface area contributed by atoms with E-state index >= 15 is 0 Å². The molecule has 1 aliphatic rings. The van der Waals surface area contributed by atoms with Crippen LogP contribution in [-0.2, 0) is 16.0 Å². The third-order valence-electron chi connectivity index (χ3n) is 5.11. The number of aromatic nitrogens is 2. The Balaban J connectivity index is 1.51. The lowest BCUT2D eigenvalue weighted by Gasteiger charge is -2.33. The monoisotopic (exact) mass is 379 g/mol. The molecule has 0 radical (unpaired) electrons. The summed E-state index contributed by atoms with van der Waals surface area (Å²) in [6, 6.07) is 16.1. The van der Waals surface area contributed by atoms with Crippen molar-refractivity contribution in [1.82, 2.24) is 15.1 Å². The molecule has 144 valence electrons. The van der Waals surface area contributed by atoms with Crippen LogP contribution in [0.3, 0.4) is 0 Å². The fourth-order valence-corrected chi connectivity index (χ4v) is 3.52. The van der Waals surface area contributed by atoms with Crippen LogP contribution in [0.15, 0.2) is 54.6 Å². The highest BCUT2D eigenvalue weighted by molar-refractivity contribution is 5.82. The molecule has 1 fully saturated rings. The number of aromatic amines is 1. The predicted octanol–water partition coefficient (Wildman–Crippen LogP) is 3.67. The van der Waals surface area contributed by atoms with Gasteiger partial charge in [-0.05, 0) is 36.8 Å². The summed E-state index contributed by atoms with van der Waals surface area (Å²) in [4.78, 5) is 14.9. The number of carbonyl (C=O) groups excluding carboxylic acids is 1. The molecular formula is C22H22FN3O2. The first-order valence-electron chi connectivity index (χ1n) is 9.36. The van der Waals surface area contributed by atoms with Crippen LogP contribution in [0.5, 0.6) is 0 Å². The number of hydrogen-bond donors (Lipinski definition) is 1. The number of halogens is 1. The fourth-order valence-electron chi connectivity index (χ4n) is 3.52. The maximum atomic E-state index is 13.2. The summed E-state index contributed by atoms with van der Waals surface area (Å²) in [6.45, 7) is 3.52. The van der Waals surface area contributed by atoms with Gasteiger partial charge in [0.2, 0.25) is 5.91 Å². The molecule has 0 aliphatic carbocycles. The van der Waals surface area contributed by atoms with E-state index in [1.807, 2.05) is 42.2 Å². The molecule has 1 atom stereocenters. The van der Waals surface area contributed by atoms with Crippen molar-refractivity contribution in [2.75, 3.05) is 19.7 Å². The van der Waals surface area contributed by atoms with E-state index in [0.717, 1.165) is 22.4 Å². The summed E-state index contributed by atoms with van der Waals surface area (Å²) in [7, 11) is 0. The number of rotatable bonds is 4. The number of nitrogens with one attached hydrogen (secondary N) is 1. The van der Waals surface area contributed by atoms with Crippen molar-refractivity contribution >= 4 is 5.91 Å². The van der Waals surface area contributed by atoms with Gasteiger partial charge in [0.15, 0.2) is 0 Å². The van der Waals surface area contributed by atoms with Gasteiger partial charge in [-0.3, -0.25) is 9.89 Å². The summed E-state index contributed by atoms with van der Waals surface area (Å²) in [5, 5.41) is 7.29. The van der Waals surface area contributed by atoms with Gasteiger partial charge in [-0.2, -0.15) is 5.10 Å². The average molecular weight is 379 g/mol. The first-order valence-corrected chi connectivity index (χ1v) is 9.36. The van der Waals surface area contributed by atoms with E-state index in [2.05, 4.69) is 10.2 Å². The quantitative estimate of drug-likeness (QED) is 0.753. The van der Waals surface area contributed by atoms with Crippen LogP contribution >= 0.6 is 0 Å². The van der Waals surface area contributed by atoms with Crippen LogP contribution < -0.4 is 0 Å². The van der Waals surface area contributed by atoms with Crippen LogP contribution in [0.2, 0.25) is 0 Å². The van der Waals surface area contributed by atoms with E-state index in [1.54, 1.807) is 12.1 Å². The number of nitrogens with zero attached hydrogens (tertiary/aromatic N) is 2. The number of benzene rings is 2. The lowest BCUT2D eigenvalue weighted by molar-refractivity contribution is -0.138. The Morgan fingerprint density at radius 3 is 2.71 bits per heavy atom. The number of morpholine rings is 1. The Hall–Kier alpha value is -2.99. The van der Waals surface area contributed by atoms with E-state index in [9.17, 15) is 9.18 Å². The summed E-state index contributed by atoms with van der Waals surface area (Å²) in [5.74, 6) is -0.258. The molecule has 3 aromatic rings. The maximum Gasteiger partial charge on any atom is 0.227 e. The van der Waals surface area contributed by atoms with Crippen LogP contribution in [0.25, 0.3) is 11.3 Å². The molecule has 0 spiro atoms. The molecule has 0 bridgehead atoms. The highest BCUT2D eigenvalue weighted by Crippen LogP contribution is 2.26. The number of amides is 1. The van der Waals surface area contributed by atoms with Crippen molar-refractivity contribution in [1.29, 1.82) is 0 Å².